The van der Waals surface area contributed by atoms with Crippen LogP contribution in [0.25, 0.3) is 0 Å². The average Bonchev–Trinajstić information content (AvgIpc) is 2.11. The van der Waals surface area contributed by atoms with E-state index in [9.17, 15) is 4.79 Å². The fourth-order valence-electron chi connectivity index (χ4n) is 0.471. The molecule has 0 radical (unpaired) electrons. The van der Waals surface area contributed by atoms with Crippen LogP contribution in [-0.4, -0.2) is 11.1 Å². The van der Waals surface area contributed by atoms with Crippen LogP contribution >= 0.6 is 27.5 Å². The number of allylic oxidation sites excluding steroid dienone is 5. The maximum atomic E-state index is 11.0. The van der Waals surface area contributed by atoms with Gasteiger partial charge < -0.3 is 0 Å². The molecule has 66 valence electrons. The summed E-state index contributed by atoms with van der Waals surface area (Å²) in [6, 6.07) is 0. The molecular formula is C9H10BrClO. The summed E-state index contributed by atoms with van der Waals surface area (Å²) in [5.74, 6) is 0.0554. The van der Waals surface area contributed by atoms with Crippen molar-refractivity contribution in [1.29, 1.82) is 0 Å². The molecule has 0 aromatic carbocycles. The zero-order valence-corrected chi connectivity index (χ0v) is 9.15. The van der Waals surface area contributed by atoms with Gasteiger partial charge in [0.15, 0.2) is 5.78 Å². The molecule has 3 heteroatoms. The molecule has 0 unspecified atom stereocenters. The molecule has 0 aliphatic heterocycles. The topological polar surface area (TPSA) is 17.1 Å². The summed E-state index contributed by atoms with van der Waals surface area (Å²) in [6.45, 7) is 5.22. The lowest BCUT2D eigenvalue weighted by Crippen LogP contribution is -1.99. The van der Waals surface area contributed by atoms with Crippen LogP contribution in [0.2, 0.25) is 0 Å². The number of ketones is 1. The Morgan fingerprint density at radius 3 is 2.58 bits per heavy atom. The smallest absolute Gasteiger partial charge is 0.169 e. The maximum Gasteiger partial charge on any atom is 0.169 e. The zero-order valence-electron chi connectivity index (χ0n) is 6.81. The second-order valence-corrected chi connectivity index (χ2v) is 3.16. The highest BCUT2D eigenvalue weighted by Gasteiger charge is 1.99. The van der Waals surface area contributed by atoms with Gasteiger partial charge in [-0.1, -0.05) is 46.3 Å². The number of hydrogen-bond donors (Lipinski definition) is 0. The van der Waals surface area contributed by atoms with Gasteiger partial charge in [0.2, 0.25) is 0 Å². The Hall–Kier alpha value is -0.340. The number of Topliss-reactive ketones (excluding diaryl/α,β-unsaturated/α-hetero) is 1. The van der Waals surface area contributed by atoms with Gasteiger partial charge in [0.05, 0.1) is 5.33 Å². The highest BCUT2D eigenvalue weighted by Crippen LogP contribution is 2.04. The molecular weight excluding hydrogens is 239 g/mol. The van der Waals surface area contributed by atoms with Gasteiger partial charge in [-0.25, -0.2) is 0 Å². The van der Waals surface area contributed by atoms with Crippen LogP contribution in [-0.2, 0) is 4.79 Å². The second-order valence-electron chi connectivity index (χ2n) is 2.16. The fourth-order valence-corrected chi connectivity index (χ4v) is 0.976. The van der Waals surface area contributed by atoms with Gasteiger partial charge in [0.1, 0.15) is 0 Å². The van der Waals surface area contributed by atoms with E-state index < -0.39 is 0 Å². The molecule has 0 aromatic heterocycles. The van der Waals surface area contributed by atoms with Gasteiger partial charge in [-0.2, -0.15) is 0 Å². The third-order valence-corrected chi connectivity index (χ3v) is 2.04. The van der Waals surface area contributed by atoms with E-state index in [4.69, 9.17) is 11.6 Å². The molecule has 0 heterocycles. The molecule has 0 spiro atoms. The van der Waals surface area contributed by atoms with Crippen molar-refractivity contribution in [1.82, 2.24) is 0 Å². The first-order valence-corrected chi connectivity index (χ1v) is 4.87. The Labute approximate surface area is 85.9 Å². The lowest BCUT2D eigenvalue weighted by molar-refractivity contribution is -0.113. The Morgan fingerprint density at radius 2 is 2.17 bits per heavy atom. The van der Waals surface area contributed by atoms with E-state index in [0.717, 1.165) is 0 Å². The van der Waals surface area contributed by atoms with Crippen molar-refractivity contribution in [2.24, 2.45) is 0 Å². The SMILES string of the molecule is C=C/C(Cl)=C\C=C(/C)C(=O)CBr. The van der Waals surface area contributed by atoms with Crippen LogP contribution in [0.15, 0.2) is 35.4 Å². The van der Waals surface area contributed by atoms with E-state index in [1.54, 1.807) is 19.1 Å². The van der Waals surface area contributed by atoms with E-state index >= 15 is 0 Å². The summed E-state index contributed by atoms with van der Waals surface area (Å²) in [6.07, 6.45) is 4.84. The van der Waals surface area contributed by atoms with E-state index in [1.807, 2.05) is 0 Å². The van der Waals surface area contributed by atoms with Gasteiger partial charge in [-0.15, -0.1) is 0 Å². The van der Waals surface area contributed by atoms with Crippen LogP contribution in [0.5, 0.6) is 0 Å². The van der Waals surface area contributed by atoms with Gasteiger partial charge >= 0.3 is 0 Å². The molecule has 0 aromatic rings. The molecule has 12 heavy (non-hydrogen) atoms. The van der Waals surface area contributed by atoms with Gasteiger partial charge in [-0.05, 0) is 18.6 Å². The standard InChI is InChI=1S/C9H10BrClO/c1-3-8(11)5-4-7(2)9(12)6-10/h3-5H,1,6H2,2H3/b7-4+,8-5+. The number of alkyl halides is 1. The summed E-state index contributed by atoms with van der Waals surface area (Å²) in [5.41, 5.74) is 0.673. The van der Waals surface area contributed by atoms with Gasteiger partial charge in [0, 0.05) is 5.03 Å². The predicted molar refractivity (Wildman–Crippen MR) is 56.7 cm³/mol. The van der Waals surface area contributed by atoms with Crippen molar-refractivity contribution >= 4 is 33.3 Å². The number of hydrogen-bond acceptors (Lipinski definition) is 1. The largest absolute Gasteiger partial charge is 0.294 e. The number of rotatable bonds is 4. The first kappa shape index (κ1) is 11.7. The Morgan fingerprint density at radius 1 is 1.58 bits per heavy atom. The van der Waals surface area contributed by atoms with Crippen LogP contribution in [0.4, 0.5) is 0 Å². The molecule has 0 fully saturated rings. The van der Waals surface area contributed by atoms with Crippen LogP contribution < -0.4 is 0 Å². The van der Waals surface area contributed by atoms with E-state index in [1.165, 1.54) is 6.08 Å². The van der Waals surface area contributed by atoms with Gasteiger partial charge in [-0.3, -0.25) is 4.79 Å². The average molecular weight is 250 g/mol. The molecule has 0 atom stereocenters. The first-order chi connectivity index (χ1) is 5.61. The van der Waals surface area contributed by atoms with Crippen LogP contribution in [0.1, 0.15) is 6.92 Å². The van der Waals surface area contributed by atoms with E-state index in [-0.39, 0.29) is 5.78 Å². The molecule has 0 rings (SSSR count). The molecule has 1 nitrogen and oxygen atoms in total. The number of halogens is 2. The third-order valence-electron chi connectivity index (χ3n) is 1.25. The second kappa shape index (κ2) is 6.21. The van der Waals surface area contributed by atoms with E-state index in [0.29, 0.717) is 15.9 Å². The van der Waals surface area contributed by atoms with Crippen molar-refractivity contribution in [2.45, 2.75) is 6.92 Å². The molecule has 0 aliphatic carbocycles. The minimum atomic E-state index is 0.0554. The quantitative estimate of drug-likeness (QED) is 0.425. The minimum absolute atomic E-state index is 0.0554. The van der Waals surface area contributed by atoms with Crippen molar-refractivity contribution in [3.05, 3.63) is 35.4 Å². The highest BCUT2D eigenvalue weighted by atomic mass is 79.9. The first-order valence-electron chi connectivity index (χ1n) is 3.37. The van der Waals surface area contributed by atoms with Crippen molar-refractivity contribution in [3.8, 4) is 0 Å². The molecule has 0 aliphatic rings. The third kappa shape index (κ3) is 4.52. The molecule has 0 bridgehead atoms. The number of carbonyl (C=O) groups is 1. The predicted octanol–water partition coefficient (Wildman–Crippen LogP) is 3.21. The summed E-state index contributed by atoms with van der Waals surface area (Å²) in [5, 5.41) is 0.867. The Bertz CT molecular complexity index is 241. The summed E-state index contributed by atoms with van der Waals surface area (Å²) in [4.78, 5) is 11.0. The molecule has 0 saturated heterocycles. The molecule has 0 saturated carbocycles. The van der Waals surface area contributed by atoms with Crippen LogP contribution in [0.3, 0.4) is 0 Å². The Kier molecular flexibility index (Phi) is 6.03. The maximum absolute atomic E-state index is 11.0. The van der Waals surface area contributed by atoms with Crippen molar-refractivity contribution in [2.75, 3.05) is 5.33 Å². The highest BCUT2D eigenvalue weighted by molar-refractivity contribution is 9.09. The summed E-state index contributed by atoms with van der Waals surface area (Å²) >= 11 is 8.71. The van der Waals surface area contributed by atoms with Gasteiger partial charge in [0.25, 0.3) is 0 Å². The fraction of sp³-hybridized carbons (Fsp3) is 0.222. The molecule has 0 N–H and O–H groups in total. The normalized spacial score (nSPS) is 12.9. The van der Waals surface area contributed by atoms with Crippen molar-refractivity contribution in [3.63, 3.8) is 0 Å². The lowest BCUT2D eigenvalue weighted by atomic mass is 10.2. The molecule has 0 amide bonds. The summed E-state index contributed by atoms with van der Waals surface area (Å²) < 4.78 is 0. The zero-order chi connectivity index (χ0) is 9.56. The minimum Gasteiger partial charge on any atom is -0.294 e. The van der Waals surface area contributed by atoms with Crippen molar-refractivity contribution < 1.29 is 4.79 Å². The number of carbonyl (C=O) groups excluding carboxylic acids is 1. The van der Waals surface area contributed by atoms with E-state index in [2.05, 4.69) is 22.5 Å². The lowest BCUT2D eigenvalue weighted by Gasteiger charge is -1.92. The summed E-state index contributed by atoms with van der Waals surface area (Å²) in [7, 11) is 0. The van der Waals surface area contributed by atoms with Crippen LogP contribution in [0, 0.1) is 0 Å². The Balaban J connectivity index is 4.37. The monoisotopic (exact) mass is 248 g/mol.